The van der Waals surface area contributed by atoms with E-state index in [1.165, 1.54) is 0 Å². The largest absolute Gasteiger partial charge is 0.458 e. The van der Waals surface area contributed by atoms with Crippen LogP contribution in [0.2, 0.25) is 0 Å². The van der Waals surface area contributed by atoms with Crippen molar-refractivity contribution in [3.8, 4) is 0 Å². The van der Waals surface area contributed by atoms with Gasteiger partial charge in [0, 0.05) is 0 Å². The van der Waals surface area contributed by atoms with Crippen molar-refractivity contribution in [2.24, 2.45) is 0 Å². The molecule has 73 heavy (non-hydrogen) atoms. The highest BCUT2D eigenvalue weighted by atomic mass is 16.6. The number of carbonyl (C=O) groups excluding carboxylic acids is 6. The summed E-state index contributed by atoms with van der Waals surface area (Å²) in [5.74, 6) is -4.10. The number of benzene rings is 6. The molecule has 4 atom stereocenters. The molecule has 0 heterocycles. The molecule has 15 nitrogen and oxygen atoms in total. The maximum atomic E-state index is 13.7. The van der Waals surface area contributed by atoms with Crippen LogP contribution in [0.25, 0.3) is 0 Å². The molecule has 6 rings (SSSR count). The second kappa shape index (κ2) is 25.9. The van der Waals surface area contributed by atoms with E-state index < -0.39 is 71.4 Å². The summed E-state index contributed by atoms with van der Waals surface area (Å²) in [4.78, 5) is 80.2. The summed E-state index contributed by atoms with van der Waals surface area (Å²) in [7, 11) is 0. The predicted molar refractivity (Wildman–Crippen MR) is 267 cm³/mol. The Morgan fingerprint density at radius 2 is 0.425 bits per heavy atom. The van der Waals surface area contributed by atoms with Gasteiger partial charge in [0.25, 0.3) is 0 Å². The Labute approximate surface area is 424 Å². The Morgan fingerprint density at radius 3 is 0.616 bits per heavy atom. The zero-order valence-corrected chi connectivity index (χ0v) is 41.1. The molecule has 0 aliphatic heterocycles. The Hall–Kier alpha value is -7.98. The molecular weight excluding hydrogens is 937 g/mol. The number of carbonyl (C=O) groups is 6. The topological polar surface area (TPSA) is 185 Å². The summed E-state index contributed by atoms with van der Waals surface area (Å²) in [5.41, 5.74) is -4.66. The maximum Gasteiger partial charge on any atom is 0.338 e. The molecule has 0 radical (unpaired) electrons. The standard InChI is InChI=1S/C58H58O15/c1-55(70-51(61)45-27-15-7-16-28-45,37-66-39-57(3,72-53(63)47-31-19-9-20-32-47)41-68-49(59)43-23-11-5-12-24-43)35-65-36-56(2,71-52(62)46-29-17-8-18-30-46)38-67-40-58(4,73-54(64)48-33-21-10-22-34-48)42-69-50(60)44-25-13-6-14-26-44/h5-34H,35-42H2,1-4H3. The fourth-order valence-electron chi connectivity index (χ4n) is 7.03. The molecule has 6 aromatic rings. The summed E-state index contributed by atoms with van der Waals surface area (Å²) < 4.78 is 54.0. The van der Waals surface area contributed by atoms with Crippen molar-refractivity contribution in [1.29, 1.82) is 0 Å². The number of hydrogen-bond acceptors (Lipinski definition) is 15. The molecule has 15 heteroatoms. The van der Waals surface area contributed by atoms with Crippen LogP contribution >= 0.6 is 0 Å². The number of hydrogen-bond donors (Lipinski definition) is 0. The van der Waals surface area contributed by atoms with Crippen LogP contribution in [0.15, 0.2) is 182 Å². The minimum Gasteiger partial charge on any atom is -0.458 e. The van der Waals surface area contributed by atoms with E-state index in [1.807, 2.05) is 0 Å². The van der Waals surface area contributed by atoms with Gasteiger partial charge < -0.3 is 42.6 Å². The minimum absolute atomic E-state index is 0.240. The predicted octanol–water partition coefficient (Wildman–Crippen LogP) is 9.21. The number of ether oxygens (including phenoxy) is 9. The van der Waals surface area contributed by atoms with Crippen LogP contribution < -0.4 is 0 Å². The molecule has 0 aromatic heterocycles. The zero-order valence-electron chi connectivity index (χ0n) is 41.1. The van der Waals surface area contributed by atoms with E-state index in [1.54, 1.807) is 210 Å². The fourth-order valence-corrected chi connectivity index (χ4v) is 7.03. The van der Waals surface area contributed by atoms with Gasteiger partial charge in [0.2, 0.25) is 0 Å². The third-order valence-corrected chi connectivity index (χ3v) is 10.9. The van der Waals surface area contributed by atoms with Crippen LogP contribution in [0.4, 0.5) is 0 Å². The number of rotatable bonds is 26. The first-order chi connectivity index (χ1) is 35.1. The molecule has 0 saturated carbocycles. The Balaban J connectivity index is 1.20. The Bertz CT molecular complexity index is 2540. The molecule has 0 aliphatic rings. The smallest absolute Gasteiger partial charge is 0.338 e. The normalized spacial score (nSPS) is 14.3. The van der Waals surface area contributed by atoms with Gasteiger partial charge in [-0.05, 0) is 100 Å². The molecular formula is C58H58O15. The molecule has 6 aromatic carbocycles. The molecule has 0 aliphatic carbocycles. The first kappa shape index (κ1) is 54.4. The molecule has 0 bridgehead atoms. The van der Waals surface area contributed by atoms with Gasteiger partial charge >= 0.3 is 35.8 Å². The first-order valence-corrected chi connectivity index (χ1v) is 23.4. The summed E-state index contributed by atoms with van der Waals surface area (Å²) in [6.07, 6.45) is 0. The lowest BCUT2D eigenvalue weighted by Gasteiger charge is -2.35. The Kier molecular flexibility index (Phi) is 19.3. The summed E-state index contributed by atoms with van der Waals surface area (Å²) in [5, 5.41) is 0. The average Bonchev–Trinajstić information content (AvgIpc) is 3.41. The van der Waals surface area contributed by atoms with Crippen molar-refractivity contribution in [1.82, 2.24) is 0 Å². The van der Waals surface area contributed by atoms with Crippen molar-refractivity contribution >= 4 is 35.8 Å². The highest BCUT2D eigenvalue weighted by Gasteiger charge is 2.39. The lowest BCUT2D eigenvalue weighted by atomic mass is 10.1. The van der Waals surface area contributed by atoms with Crippen LogP contribution in [0, 0.1) is 0 Å². The van der Waals surface area contributed by atoms with E-state index in [0.717, 1.165) is 0 Å². The van der Waals surface area contributed by atoms with Gasteiger partial charge in [0.15, 0.2) is 22.4 Å². The van der Waals surface area contributed by atoms with Gasteiger partial charge in [0.05, 0.1) is 73.0 Å². The molecule has 4 unspecified atom stereocenters. The molecule has 380 valence electrons. The lowest BCUT2D eigenvalue weighted by molar-refractivity contribution is -0.152. The van der Waals surface area contributed by atoms with Gasteiger partial charge in [-0.3, -0.25) is 0 Å². The molecule has 0 fully saturated rings. The SMILES string of the molecule is CC(COCC(C)(COCC(C)(COC(=O)c1ccccc1)OC(=O)c1ccccc1)OC(=O)c1ccccc1)(COCC(C)(COC(=O)c1ccccc1)OC(=O)c1ccccc1)OC(=O)c1ccccc1. The molecule has 0 amide bonds. The van der Waals surface area contributed by atoms with Crippen molar-refractivity contribution in [3.05, 3.63) is 215 Å². The Morgan fingerprint density at radius 1 is 0.260 bits per heavy atom. The van der Waals surface area contributed by atoms with Gasteiger partial charge in [-0.25, -0.2) is 28.8 Å². The van der Waals surface area contributed by atoms with Crippen molar-refractivity contribution in [2.75, 3.05) is 52.9 Å². The van der Waals surface area contributed by atoms with E-state index in [9.17, 15) is 28.8 Å². The number of esters is 6. The average molecular weight is 995 g/mol. The van der Waals surface area contributed by atoms with E-state index >= 15 is 0 Å². The zero-order chi connectivity index (χ0) is 52.2. The van der Waals surface area contributed by atoms with E-state index in [4.69, 9.17) is 42.6 Å². The quantitative estimate of drug-likeness (QED) is 0.0370. The van der Waals surface area contributed by atoms with E-state index in [2.05, 4.69) is 0 Å². The minimum atomic E-state index is -1.56. The van der Waals surface area contributed by atoms with Crippen molar-refractivity contribution in [2.45, 2.75) is 50.1 Å². The fraction of sp³-hybridized carbons (Fsp3) is 0.276. The van der Waals surface area contributed by atoms with Crippen LogP contribution in [0.1, 0.15) is 89.8 Å². The second-order valence-electron chi connectivity index (χ2n) is 18.2. The van der Waals surface area contributed by atoms with Gasteiger partial charge in [0.1, 0.15) is 13.2 Å². The lowest BCUT2D eigenvalue weighted by Crippen LogP contribution is -2.48. The summed E-state index contributed by atoms with van der Waals surface area (Å²) in [6.45, 7) is 3.43. The van der Waals surface area contributed by atoms with Crippen LogP contribution in [-0.4, -0.2) is 111 Å². The highest BCUT2D eigenvalue weighted by molar-refractivity contribution is 5.92. The monoisotopic (exact) mass is 994 g/mol. The third kappa shape index (κ3) is 17.1. The van der Waals surface area contributed by atoms with E-state index in [-0.39, 0.29) is 73.0 Å². The summed E-state index contributed by atoms with van der Waals surface area (Å²) in [6, 6.07) is 49.7. The summed E-state index contributed by atoms with van der Waals surface area (Å²) >= 11 is 0. The van der Waals surface area contributed by atoms with Gasteiger partial charge in [-0.2, -0.15) is 0 Å². The van der Waals surface area contributed by atoms with Crippen molar-refractivity contribution in [3.63, 3.8) is 0 Å². The third-order valence-electron chi connectivity index (χ3n) is 10.9. The highest BCUT2D eigenvalue weighted by Crippen LogP contribution is 2.24. The van der Waals surface area contributed by atoms with E-state index in [0.29, 0.717) is 0 Å². The van der Waals surface area contributed by atoms with Crippen LogP contribution in [0.5, 0.6) is 0 Å². The van der Waals surface area contributed by atoms with Gasteiger partial charge in [-0.15, -0.1) is 0 Å². The first-order valence-electron chi connectivity index (χ1n) is 23.4. The van der Waals surface area contributed by atoms with Crippen LogP contribution in [-0.2, 0) is 42.6 Å². The maximum absolute atomic E-state index is 13.7. The van der Waals surface area contributed by atoms with Crippen LogP contribution in [0.3, 0.4) is 0 Å². The van der Waals surface area contributed by atoms with Gasteiger partial charge in [-0.1, -0.05) is 109 Å². The second-order valence-corrected chi connectivity index (χ2v) is 18.2. The molecule has 0 spiro atoms. The molecule has 0 saturated heterocycles. The van der Waals surface area contributed by atoms with Crippen molar-refractivity contribution < 1.29 is 71.4 Å². The molecule has 0 N–H and O–H groups in total.